The molecule has 0 spiro atoms. The van der Waals surface area contributed by atoms with Gasteiger partial charge >= 0.3 is 0 Å². The van der Waals surface area contributed by atoms with Gasteiger partial charge in [0.1, 0.15) is 23.4 Å². The van der Waals surface area contributed by atoms with Crippen molar-refractivity contribution < 1.29 is 29.2 Å². The highest BCUT2D eigenvalue weighted by Crippen LogP contribution is 2.60. The first-order valence-electron chi connectivity index (χ1n) is 9.83. The molecule has 4 aliphatic rings. The molecule has 2 heterocycles. The first-order chi connectivity index (χ1) is 13.3. The second-order valence-corrected chi connectivity index (χ2v) is 8.71. The van der Waals surface area contributed by atoms with E-state index in [4.69, 9.17) is 18.9 Å². The Morgan fingerprint density at radius 3 is 2.25 bits per heavy atom. The van der Waals surface area contributed by atoms with E-state index < -0.39 is 0 Å². The van der Waals surface area contributed by atoms with Crippen LogP contribution < -0.4 is 0 Å². The third-order valence-corrected chi connectivity index (χ3v) is 7.23. The van der Waals surface area contributed by atoms with Gasteiger partial charge in [-0.2, -0.15) is 0 Å². The number of fused-ring (bicyclic) bond motifs is 1. The van der Waals surface area contributed by atoms with Crippen LogP contribution in [-0.4, -0.2) is 56.0 Å². The summed E-state index contributed by atoms with van der Waals surface area (Å²) in [6.45, 7) is 5.66. The van der Waals surface area contributed by atoms with Crippen molar-refractivity contribution in [2.75, 3.05) is 27.4 Å². The van der Waals surface area contributed by atoms with Crippen molar-refractivity contribution in [1.29, 1.82) is 0 Å². The average Bonchev–Trinajstić information content (AvgIpc) is 3.10. The topological polar surface area (TPSA) is 77.4 Å². The van der Waals surface area contributed by atoms with Crippen molar-refractivity contribution in [3.63, 3.8) is 0 Å². The van der Waals surface area contributed by atoms with E-state index in [9.17, 15) is 10.2 Å². The van der Waals surface area contributed by atoms with Crippen LogP contribution in [0.25, 0.3) is 0 Å². The minimum absolute atomic E-state index is 0.0768. The van der Waals surface area contributed by atoms with Crippen molar-refractivity contribution in [2.45, 2.75) is 51.4 Å². The van der Waals surface area contributed by atoms with Gasteiger partial charge in [-0.1, -0.05) is 26.0 Å². The molecule has 2 N–H and O–H groups in total. The summed E-state index contributed by atoms with van der Waals surface area (Å²) in [4.78, 5) is 0. The van der Waals surface area contributed by atoms with Gasteiger partial charge in [0.2, 0.25) is 0 Å². The summed E-state index contributed by atoms with van der Waals surface area (Å²) in [5.41, 5.74) is 1.89. The molecule has 28 heavy (non-hydrogen) atoms. The number of aliphatic hydroxyl groups excluding tert-OH is 2. The highest BCUT2D eigenvalue weighted by Gasteiger charge is 2.65. The van der Waals surface area contributed by atoms with E-state index in [1.165, 1.54) is 0 Å². The van der Waals surface area contributed by atoms with Crippen molar-refractivity contribution in [3.8, 4) is 0 Å². The van der Waals surface area contributed by atoms with Gasteiger partial charge in [0.15, 0.2) is 0 Å². The molecular formula is C22H30O6. The van der Waals surface area contributed by atoms with Gasteiger partial charge in [0, 0.05) is 37.2 Å². The Bertz CT molecular complexity index is 778. The minimum Gasteiger partial charge on any atom is -0.510 e. The van der Waals surface area contributed by atoms with Crippen LogP contribution in [0.4, 0.5) is 0 Å². The lowest BCUT2D eigenvalue weighted by Gasteiger charge is -2.39. The van der Waals surface area contributed by atoms with E-state index in [1.807, 2.05) is 6.08 Å². The molecule has 0 bridgehead atoms. The SMILES string of the molecule is COC1=C(O)CC=C([C@H]2OC[C@]3(C)[C@@H](C4=CC=C(O)[C@@H](OC)C4)OC[C@]23C)C1. The van der Waals surface area contributed by atoms with Crippen molar-refractivity contribution in [1.82, 2.24) is 0 Å². The summed E-state index contributed by atoms with van der Waals surface area (Å²) in [5.74, 6) is 1.17. The molecule has 154 valence electrons. The molecule has 5 atom stereocenters. The van der Waals surface area contributed by atoms with Crippen molar-refractivity contribution in [2.24, 2.45) is 10.8 Å². The summed E-state index contributed by atoms with van der Waals surface area (Å²) in [5, 5.41) is 20.0. The largest absolute Gasteiger partial charge is 0.510 e. The zero-order valence-corrected chi connectivity index (χ0v) is 17.0. The van der Waals surface area contributed by atoms with Crippen LogP contribution in [0.5, 0.6) is 0 Å². The van der Waals surface area contributed by atoms with Gasteiger partial charge in [-0.3, -0.25) is 0 Å². The fourth-order valence-electron chi connectivity index (χ4n) is 5.17. The maximum Gasteiger partial charge on any atom is 0.137 e. The molecule has 0 amide bonds. The standard InChI is InChI=1S/C22H30O6/c1-21-11-27-20(14-6-8-16(24)18(10-14)26-4)22(21,2)12-28-19(21)13-5-7-15(23)17(9-13)25-3/h5-7,17,19-20,23-24H,8-12H2,1-4H3/t17-,19+,20+,21+,22+/m0/s1. The van der Waals surface area contributed by atoms with Crippen LogP contribution in [0, 0.1) is 10.8 Å². The molecule has 4 rings (SSSR count). The van der Waals surface area contributed by atoms with Crippen LogP contribution >= 0.6 is 0 Å². The van der Waals surface area contributed by atoms with Gasteiger partial charge in [-0.25, -0.2) is 0 Å². The highest BCUT2D eigenvalue weighted by molar-refractivity contribution is 5.35. The van der Waals surface area contributed by atoms with Crippen LogP contribution in [-0.2, 0) is 18.9 Å². The number of rotatable bonds is 4. The summed E-state index contributed by atoms with van der Waals surface area (Å²) in [6.07, 6.45) is 6.91. The molecule has 0 unspecified atom stereocenters. The number of ether oxygens (including phenoxy) is 4. The fraction of sp³-hybridized carbons (Fsp3) is 0.636. The van der Waals surface area contributed by atoms with Crippen LogP contribution in [0.15, 0.2) is 46.7 Å². The quantitative estimate of drug-likeness (QED) is 0.713. The molecule has 2 aliphatic carbocycles. The molecule has 0 aromatic carbocycles. The molecule has 2 aliphatic heterocycles. The predicted octanol–water partition coefficient (Wildman–Crippen LogP) is 3.72. The first kappa shape index (κ1) is 19.6. The van der Waals surface area contributed by atoms with E-state index in [-0.39, 0.29) is 34.9 Å². The molecule has 0 saturated carbocycles. The molecule has 2 fully saturated rings. The third kappa shape index (κ3) is 2.73. The second-order valence-electron chi connectivity index (χ2n) is 8.71. The lowest BCUT2D eigenvalue weighted by atomic mass is 9.61. The summed E-state index contributed by atoms with van der Waals surface area (Å²) in [6, 6.07) is 0. The summed E-state index contributed by atoms with van der Waals surface area (Å²) >= 11 is 0. The third-order valence-electron chi connectivity index (χ3n) is 7.23. The predicted molar refractivity (Wildman–Crippen MR) is 104 cm³/mol. The van der Waals surface area contributed by atoms with Gasteiger partial charge in [-0.15, -0.1) is 0 Å². The Kier molecular flexibility index (Phi) is 4.84. The molecule has 0 aromatic rings. The summed E-state index contributed by atoms with van der Waals surface area (Å²) < 4.78 is 23.5. The monoisotopic (exact) mass is 390 g/mol. The Balaban J connectivity index is 1.59. The van der Waals surface area contributed by atoms with E-state index in [1.54, 1.807) is 20.3 Å². The van der Waals surface area contributed by atoms with Crippen LogP contribution in [0.1, 0.15) is 33.1 Å². The number of hydrogen-bond acceptors (Lipinski definition) is 6. The molecular weight excluding hydrogens is 360 g/mol. The minimum atomic E-state index is -0.324. The lowest BCUT2D eigenvalue weighted by molar-refractivity contribution is 0.0127. The molecule has 6 heteroatoms. The molecule has 0 radical (unpaired) electrons. The zero-order chi connectivity index (χ0) is 20.1. The van der Waals surface area contributed by atoms with Gasteiger partial charge in [0.05, 0.1) is 32.5 Å². The Labute approximate surface area is 166 Å². The second kappa shape index (κ2) is 6.94. The molecule has 2 saturated heterocycles. The Morgan fingerprint density at radius 2 is 1.64 bits per heavy atom. The van der Waals surface area contributed by atoms with Crippen LogP contribution in [0.2, 0.25) is 0 Å². The van der Waals surface area contributed by atoms with Gasteiger partial charge in [0.25, 0.3) is 0 Å². The van der Waals surface area contributed by atoms with E-state index in [0.29, 0.717) is 44.0 Å². The maximum atomic E-state index is 10.0. The molecule has 6 nitrogen and oxygen atoms in total. The lowest BCUT2D eigenvalue weighted by Crippen LogP contribution is -2.44. The normalized spacial score (nSPS) is 40.7. The average molecular weight is 390 g/mol. The van der Waals surface area contributed by atoms with Gasteiger partial charge < -0.3 is 29.2 Å². The zero-order valence-electron chi connectivity index (χ0n) is 17.0. The van der Waals surface area contributed by atoms with Crippen LogP contribution in [0.3, 0.4) is 0 Å². The fourth-order valence-corrected chi connectivity index (χ4v) is 5.17. The maximum absolute atomic E-state index is 10.0. The Hall–Kier alpha value is -1.76. The Morgan fingerprint density at radius 1 is 1.00 bits per heavy atom. The summed E-state index contributed by atoms with van der Waals surface area (Å²) in [7, 11) is 3.20. The van der Waals surface area contributed by atoms with E-state index in [2.05, 4.69) is 19.9 Å². The van der Waals surface area contributed by atoms with E-state index >= 15 is 0 Å². The smallest absolute Gasteiger partial charge is 0.137 e. The van der Waals surface area contributed by atoms with Crippen molar-refractivity contribution >= 4 is 0 Å². The van der Waals surface area contributed by atoms with Gasteiger partial charge in [-0.05, 0) is 17.2 Å². The van der Waals surface area contributed by atoms with Crippen molar-refractivity contribution in [3.05, 3.63) is 46.7 Å². The number of hydrogen-bond donors (Lipinski definition) is 2. The van der Waals surface area contributed by atoms with E-state index in [0.717, 1.165) is 11.1 Å². The number of methoxy groups -OCH3 is 2. The first-order valence-corrected chi connectivity index (χ1v) is 9.83. The highest BCUT2D eigenvalue weighted by atomic mass is 16.5. The number of aliphatic hydroxyl groups is 2. The number of allylic oxidation sites excluding steroid dienone is 4. The molecule has 0 aromatic heterocycles.